The monoisotopic (exact) mass is 685 g/mol. The van der Waals surface area contributed by atoms with Gasteiger partial charge in [0, 0.05) is 44.7 Å². The van der Waals surface area contributed by atoms with E-state index < -0.39 is 0 Å². The Morgan fingerprint density at radius 2 is 1.92 bits per heavy atom. The van der Waals surface area contributed by atoms with Crippen molar-refractivity contribution >= 4 is 40.5 Å². The molecule has 2 aliphatic heterocycles. The average Bonchev–Trinajstić information content (AvgIpc) is 3.05. The minimum absolute atomic E-state index is 0. The van der Waals surface area contributed by atoms with E-state index in [1.165, 1.54) is 23.6 Å². The van der Waals surface area contributed by atoms with Gasteiger partial charge in [0.05, 0.1) is 18.2 Å². The lowest BCUT2D eigenvalue weighted by Crippen LogP contribution is -2.27. The molecule has 0 bridgehead atoms. The highest BCUT2D eigenvalue weighted by Gasteiger charge is 2.21. The van der Waals surface area contributed by atoms with Crippen LogP contribution in [-0.2, 0) is 16.0 Å². The maximum atomic E-state index is 10.2. The highest BCUT2D eigenvalue weighted by atomic mass is 16.6. The number of carbonyl (C=O) groups excluding carboxylic acids is 1. The number of hydrogen-bond donors (Lipinski definition) is 1. The molecule has 0 saturated heterocycles. The molecule has 0 saturated carbocycles. The summed E-state index contributed by atoms with van der Waals surface area (Å²) in [6.45, 7) is 23.1. The summed E-state index contributed by atoms with van der Waals surface area (Å²) < 4.78 is 11.0. The smallest absolute Gasteiger partial charge is 0.303 e. The first-order chi connectivity index (χ1) is 23.4. The number of hydrogen-bond acceptors (Lipinski definition) is 10. The minimum Gasteiger partial charge on any atom is -0.489 e. The molecule has 50 heavy (non-hydrogen) atoms. The lowest BCUT2D eigenvalue weighted by molar-refractivity contribution is -0.151. The maximum Gasteiger partial charge on any atom is 0.303 e. The number of esters is 1. The maximum absolute atomic E-state index is 10.2. The molecule has 0 fully saturated rings. The van der Waals surface area contributed by atoms with Gasteiger partial charge in [0.1, 0.15) is 17.4 Å². The van der Waals surface area contributed by atoms with Gasteiger partial charge in [-0.1, -0.05) is 33.4 Å². The number of fused-ring (bicyclic) bond motifs is 2. The molecule has 3 aromatic rings. The lowest BCUT2D eigenvalue weighted by atomic mass is 9.96. The fourth-order valence-electron chi connectivity index (χ4n) is 5.63. The first kappa shape index (κ1) is 41.4. The van der Waals surface area contributed by atoms with Crippen LogP contribution in [0, 0.1) is 12.8 Å². The van der Waals surface area contributed by atoms with Gasteiger partial charge in [0.2, 0.25) is 0 Å². The molecule has 2 unspecified atom stereocenters. The number of pyridine rings is 1. The summed E-state index contributed by atoms with van der Waals surface area (Å²) in [6, 6.07) is 8.77. The fraction of sp³-hybridized carbons (Fsp3) is 0.475. The third kappa shape index (κ3) is 11.7. The first-order valence-corrected chi connectivity index (χ1v) is 17.1. The summed E-state index contributed by atoms with van der Waals surface area (Å²) in [4.78, 5) is 26.4. The average molecular weight is 686 g/mol. The fourth-order valence-corrected chi connectivity index (χ4v) is 5.63. The molecule has 272 valence electrons. The van der Waals surface area contributed by atoms with Crippen LogP contribution in [0.2, 0.25) is 0 Å². The number of nitrogens with one attached hydrogen (secondary N) is 1. The van der Waals surface area contributed by atoms with Gasteiger partial charge in [-0.05, 0) is 101 Å². The number of allylic oxidation sites excluding steroid dienone is 2. The Bertz CT molecular complexity index is 1640. The molecule has 0 amide bonds. The molecular formula is C40H59N7O3. The van der Waals surface area contributed by atoms with Crippen LogP contribution < -0.4 is 15.0 Å². The van der Waals surface area contributed by atoms with Crippen molar-refractivity contribution < 1.29 is 14.3 Å². The van der Waals surface area contributed by atoms with Crippen LogP contribution in [-0.4, -0.2) is 64.0 Å². The molecule has 0 spiro atoms. The Hall–Kier alpha value is -4.73. The predicted octanol–water partition coefficient (Wildman–Crippen LogP) is 9.19. The summed E-state index contributed by atoms with van der Waals surface area (Å²) in [5, 5.41) is 9.97. The number of anilines is 3. The van der Waals surface area contributed by atoms with Gasteiger partial charge < -0.3 is 19.7 Å². The van der Waals surface area contributed by atoms with Gasteiger partial charge in [-0.25, -0.2) is 15.0 Å². The third-order valence-corrected chi connectivity index (χ3v) is 8.15. The molecule has 10 nitrogen and oxygen atoms in total. The first-order valence-electron chi connectivity index (χ1n) is 17.1. The second kappa shape index (κ2) is 19.5. The zero-order valence-electron chi connectivity index (χ0n) is 30.9. The number of aryl methyl sites for hydroxylation is 1. The zero-order valence-corrected chi connectivity index (χ0v) is 30.9. The van der Waals surface area contributed by atoms with Crippen LogP contribution in [0.25, 0.3) is 11.0 Å². The number of ether oxygens (including phenoxy) is 2. The van der Waals surface area contributed by atoms with Crippen molar-refractivity contribution in [3.8, 4) is 5.75 Å². The zero-order chi connectivity index (χ0) is 36.1. The molecule has 0 aliphatic carbocycles. The summed E-state index contributed by atoms with van der Waals surface area (Å²) in [6.07, 6.45) is 14.1. The van der Waals surface area contributed by atoms with Crippen molar-refractivity contribution in [3.05, 3.63) is 78.8 Å². The summed E-state index contributed by atoms with van der Waals surface area (Å²) >= 11 is 0. The van der Waals surface area contributed by atoms with Crippen LogP contribution in [0.5, 0.6) is 5.75 Å². The van der Waals surface area contributed by atoms with Gasteiger partial charge in [-0.2, -0.15) is 5.10 Å². The molecule has 2 aliphatic rings. The quantitative estimate of drug-likeness (QED) is 0.148. The SMILES string of the molecule is C.C/C=N\N1C=CC(Cc2ccc(Nc3ncnc4cc5c(nc34)N(C)CCC(CC)CO5)cc2C)=CC1CC.C=C.CC(=O)OC(C)(C)C. The molecule has 2 aromatic heterocycles. The van der Waals surface area contributed by atoms with E-state index in [9.17, 15) is 4.79 Å². The van der Waals surface area contributed by atoms with E-state index in [4.69, 9.17) is 14.5 Å². The number of hydrazone groups is 1. The van der Waals surface area contributed by atoms with Gasteiger partial charge >= 0.3 is 5.97 Å². The van der Waals surface area contributed by atoms with Crippen LogP contribution in [0.4, 0.5) is 17.3 Å². The highest BCUT2D eigenvalue weighted by Crippen LogP contribution is 2.34. The van der Waals surface area contributed by atoms with E-state index in [1.54, 1.807) is 6.33 Å². The highest BCUT2D eigenvalue weighted by molar-refractivity contribution is 5.90. The molecule has 0 radical (unpaired) electrons. The third-order valence-electron chi connectivity index (χ3n) is 8.15. The van der Waals surface area contributed by atoms with Crippen molar-refractivity contribution in [2.45, 2.75) is 100 Å². The van der Waals surface area contributed by atoms with Crippen LogP contribution in [0.15, 0.2) is 72.8 Å². The number of rotatable bonds is 7. The standard InChI is InChI=1S/C31H39N7O.C6H12O2.C2H4.CH4/c1-6-22-11-13-37(5)31-28(39-19-22)18-27-29(36-31)30(33-20-32-27)35-25-10-9-24(21(4)15-25)16-23-12-14-38(34-8-3)26(7-2)17-23;1-5(7)8-6(2,3)4;1-2;/h8-10,12,14-15,17-18,20,22,26H,6-7,11,13,16,19H2,1-5H3,(H,32,33,35);1-4H3;1-2H2;1H4/b34-8-;;;. The van der Waals surface area contributed by atoms with E-state index in [2.05, 4.69) is 103 Å². The number of aromatic nitrogens is 3. The van der Waals surface area contributed by atoms with Crippen LogP contribution in [0.1, 0.15) is 86.3 Å². The Morgan fingerprint density at radius 1 is 1.18 bits per heavy atom. The summed E-state index contributed by atoms with van der Waals surface area (Å²) in [7, 11) is 2.08. The van der Waals surface area contributed by atoms with E-state index in [0.717, 1.165) is 60.5 Å². The minimum atomic E-state index is -0.328. The predicted molar refractivity (Wildman–Crippen MR) is 209 cm³/mol. The molecule has 1 aromatic carbocycles. The van der Waals surface area contributed by atoms with Crippen LogP contribution >= 0.6 is 0 Å². The normalized spacial score (nSPS) is 17.0. The molecule has 1 N–H and O–H groups in total. The van der Waals surface area contributed by atoms with E-state index >= 15 is 0 Å². The van der Waals surface area contributed by atoms with Crippen molar-refractivity contribution in [1.29, 1.82) is 0 Å². The van der Waals surface area contributed by atoms with E-state index in [0.29, 0.717) is 18.3 Å². The van der Waals surface area contributed by atoms with E-state index in [-0.39, 0.29) is 25.0 Å². The topological polar surface area (TPSA) is 105 Å². The van der Waals surface area contributed by atoms with E-state index in [1.807, 2.05) is 45.0 Å². The Kier molecular flexibility index (Phi) is 16.1. The van der Waals surface area contributed by atoms with Crippen molar-refractivity contribution in [3.63, 3.8) is 0 Å². The second-order valence-electron chi connectivity index (χ2n) is 13.1. The van der Waals surface area contributed by atoms with Gasteiger partial charge in [0.25, 0.3) is 0 Å². The van der Waals surface area contributed by atoms with Gasteiger partial charge in [0.15, 0.2) is 17.4 Å². The lowest BCUT2D eigenvalue weighted by Gasteiger charge is -2.28. The number of nitrogens with zero attached hydrogens (tertiary/aromatic N) is 6. The van der Waals surface area contributed by atoms with Gasteiger partial charge in [-0.3, -0.25) is 9.80 Å². The van der Waals surface area contributed by atoms with Crippen LogP contribution in [0.3, 0.4) is 0 Å². The summed E-state index contributed by atoms with van der Waals surface area (Å²) in [5.41, 5.74) is 6.00. The molecular weight excluding hydrogens is 626 g/mol. The Labute approximate surface area is 300 Å². The largest absolute Gasteiger partial charge is 0.489 e. The Balaban J connectivity index is 0.000000696. The second-order valence-corrected chi connectivity index (χ2v) is 13.1. The Morgan fingerprint density at radius 3 is 2.52 bits per heavy atom. The summed E-state index contributed by atoms with van der Waals surface area (Å²) in [5.74, 6) is 2.64. The van der Waals surface area contributed by atoms with Crippen molar-refractivity contribution in [2.75, 3.05) is 30.4 Å². The number of benzene rings is 1. The molecule has 5 rings (SSSR count). The van der Waals surface area contributed by atoms with Crippen molar-refractivity contribution in [2.24, 2.45) is 11.0 Å². The van der Waals surface area contributed by atoms with Crippen molar-refractivity contribution in [1.82, 2.24) is 20.0 Å². The molecule has 2 atom stereocenters. The number of carbonyl (C=O) groups is 1. The molecule has 4 heterocycles. The molecule has 10 heteroatoms. The van der Waals surface area contributed by atoms with Gasteiger partial charge in [-0.15, -0.1) is 13.2 Å².